The van der Waals surface area contributed by atoms with Crippen LogP contribution in [0.4, 0.5) is 0 Å². The molecule has 0 bridgehead atoms. The Morgan fingerprint density at radius 3 is 1.92 bits per heavy atom. The molecule has 0 aliphatic rings. The van der Waals surface area contributed by atoms with Gasteiger partial charge in [-0.2, -0.15) is 12.1 Å². The van der Waals surface area contributed by atoms with Crippen LogP contribution < -0.4 is 9.30 Å². The van der Waals surface area contributed by atoms with E-state index in [1.807, 2.05) is 12.3 Å². The zero-order valence-corrected chi connectivity index (χ0v) is 41.8. The normalized spacial score (nSPS) is 12.6. The number of para-hydroxylation sites is 1. The molecule has 8 aromatic rings. The van der Waals surface area contributed by atoms with E-state index < -0.39 is 0 Å². The van der Waals surface area contributed by atoms with Gasteiger partial charge in [-0.3, -0.25) is 4.57 Å². The molecule has 0 aliphatic heterocycles. The fraction of sp³-hybridized carbons (Fsp3) is 0.333. The average molecular weight is 1010 g/mol. The van der Waals surface area contributed by atoms with Crippen LogP contribution in [0.1, 0.15) is 131 Å². The Labute approximate surface area is 390 Å². The van der Waals surface area contributed by atoms with Crippen LogP contribution >= 0.6 is 0 Å². The van der Waals surface area contributed by atoms with Gasteiger partial charge >= 0.3 is 0 Å². The van der Waals surface area contributed by atoms with Crippen LogP contribution in [-0.4, -0.2) is 14.1 Å². The molecule has 0 saturated heterocycles. The number of nitrogens with zero attached hydrogens (tertiary/aromatic N) is 4. The zero-order valence-electron chi connectivity index (χ0n) is 39.6. The number of fused-ring (bicyclic) bond motifs is 3. The van der Waals surface area contributed by atoms with Gasteiger partial charge in [0.2, 0.25) is 0 Å². The van der Waals surface area contributed by atoms with Gasteiger partial charge in [-0.15, -0.1) is 35.2 Å². The molecule has 0 spiro atoms. The maximum absolute atomic E-state index is 6.89. The Morgan fingerprint density at radius 1 is 0.619 bits per heavy atom. The molecule has 328 valence electrons. The van der Waals surface area contributed by atoms with E-state index in [0.29, 0.717) is 17.4 Å². The van der Waals surface area contributed by atoms with Crippen LogP contribution in [0.3, 0.4) is 0 Å². The van der Waals surface area contributed by atoms with Crippen LogP contribution in [0.5, 0.6) is 11.5 Å². The van der Waals surface area contributed by atoms with Gasteiger partial charge in [-0.25, -0.2) is 4.98 Å². The number of rotatable bonds is 7. The summed E-state index contributed by atoms with van der Waals surface area (Å²) in [5, 5.41) is 2.23. The summed E-state index contributed by atoms with van der Waals surface area (Å²) >= 11 is 0. The maximum Gasteiger partial charge on any atom is 0.267 e. The minimum atomic E-state index is -0.188. The van der Waals surface area contributed by atoms with Crippen molar-refractivity contribution in [3.63, 3.8) is 0 Å². The number of imidazole rings is 1. The van der Waals surface area contributed by atoms with Crippen molar-refractivity contribution in [1.82, 2.24) is 14.1 Å². The van der Waals surface area contributed by atoms with E-state index in [-0.39, 0.29) is 42.7 Å². The van der Waals surface area contributed by atoms with Crippen molar-refractivity contribution in [2.24, 2.45) is 0 Å². The van der Waals surface area contributed by atoms with Gasteiger partial charge in [-0.1, -0.05) is 151 Å². The summed E-state index contributed by atoms with van der Waals surface area (Å²) in [6.07, 6.45) is 7.91. The quantitative estimate of drug-likeness (QED) is 0.118. The first-order valence-corrected chi connectivity index (χ1v) is 22.1. The summed E-state index contributed by atoms with van der Waals surface area (Å²) in [6, 6.07) is 44.3. The van der Waals surface area contributed by atoms with E-state index in [2.05, 4.69) is 232 Å². The Bertz CT molecular complexity index is 2920. The SMILES string of the molecule is CC(C)c1ccccc1-c1cc(Oc2[c-]c3c(cc2)c2ccccc2n3-c2cc(C(C)(C)C)ccn2)[c-]c(-n2[c-][n+](-c3cc(C(C)(C)C)cc(C(C)(C)C)c3)c(C(C)(C)C)c2)c1.[Pt]. The zero-order chi connectivity index (χ0) is 44.5. The summed E-state index contributed by atoms with van der Waals surface area (Å²) in [6.45, 7) is 31.7. The van der Waals surface area contributed by atoms with E-state index in [1.165, 1.54) is 22.3 Å². The second kappa shape index (κ2) is 16.7. The molecule has 0 saturated carbocycles. The van der Waals surface area contributed by atoms with E-state index in [4.69, 9.17) is 9.72 Å². The minimum Gasteiger partial charge on any atom is -0.510 e. The first-order chi connectivity index (χ1) is 29.1. The fourth-order valence-electron chi connectivity index (χ4n) is 8.26. The van der Waals surface area contributed by atoms with Crippen molar-refractivity contribution < 1.29 is 30.4 Å². The third kappa shape index (κ3) is 9.23. The molecule has 0 N–H and O–H groups in total. The smallest absolute Gasteiger partial charge is 0.267 e. The second-order valence-electron chi connectivity index (χ2n) is 21.4. The predicted molar refractivity (Wildman–Crippen MR) is 257 cm³/mol. The Hall–Kier alpha value is -5.25. The van der Waals surface area contributed by atoms with Gasteiger partial charge in [0.1, 0.15) is 5.82 Å². The molecule has 0 atom stereocenters. The fourth-order valence-corrected chi connectivity index (χ4v) is 8.26. The summed E-state index contributed by atoms with van der Waals surface area (Å²) < 4.78 is 13.4. The summed E-state index contributed by atoms with van der Waals surface area (Å²) in [4.78, 5) is 4.89. The standard InChI is InChI=1S/C57H62N4O.Pt/c1-37(2)46-19-15-16-20-47(46)38-27-42(59-35-52(57(12,13)14)60(36-59)43-30-40(55(6,7)8)29-41(31-43)56(9,10)11)33-45(28-38)62-44-23-24-49-48-21-17-18-22-50(48)61(51(49)34-44)53-32-39(25-26-58-53)54(3,4)5;/h15-32,35,37H,1-14H3;/q-2;. The van der Waals surface area contributed by atoms with Crippen LogP contribution in [0, 0.1) is 18.5 Å². The van der Waals surface area contributed by atoms with Crippen molar-refractivity contribution in [2.45, 2.75) is 125 Å². The molecule has 6 heteroatoms. The van der Waals surface area contributed by atoms with Crippen molar-refractivity contribution in [2.75, 3.05) is 0 Å². The molecule has 8 rings (SSSR count). The molecule has 0 aliphatic carbocycles. The number of hydrogen-bond acceptors (Lipinski definition) is 2. The van der Waals surface area contributed by atoms with E-state index >= 15 is 0 Å². The second-order valence-corrected chi connectivity index (χ2v) is 21.4. The van der Waals surface area contributed by atoms with Crippen molar-refractivity contribution in [1.29, 1.82) is 0 Å². The first-order valence-electron chi connectivity index (χ1n) is 22.1. The minimum absolute atomic E-state index is 0. The maximum atomic E-state index is 6.89. The van der Waals surface area contributed by atoms with Gasteiger partial charge in [0, 0.05) is 50.5 Å². The van der Waals surface area contributed by atoms with Gasteiger partial charge in [0.25, 0.3) is 6.33 Å². The molecule has 0 radical (unpaired) electrons. The molecule has 63 heavy (non-hydrogen) atoms. The molecule has 3 aromatic heterocycles. The van der Waals surface area contributed by atoms with Crippen LogP contribution in [0.15, 0.2) is 116 Å². The van der Waals surface area contributed by atoms with Gasteiger partial charge in [-0.05, 0) is 96.8 Å². The van der Waals surface area contributed by atoms with Crippen LogP contribution in [0.2, 0.25) is 0 Å². The van der Waals surface area contributed by atoms with Crippen LogP contribution in [-0.2, 0) is 42.7 Å². The van der Waals surface area contributed by atoms with Gasteiger partial charge in [0.15, 0.2) is 0 Å². The number of pyridine rings is 1. The summed E-state index contributed by atoms with van der Waals surface area (Å²) in [5.41, 5.74) is 12.1. The monoisotopic (exact) mass is 1010 g/mol. The topological polar surface area (TPSA) is 35.9 Å². The molecule has 3 heterocycles. The molecular formula is C57H62N4OPt-2. The molecule has 5 nitrogen and oxygen atoms in total. The average Bonchev–Trinajstić information content (AvgIpc) is 3.81. The molecule has 0 fully saturated rings. The van der Waals surface area contributed by atoms with E-state index in [1.54, 1.807) is 0 Å². The number of hydrogen-bond donors (Lipinski definition) is 0. The largest absolute Gasteiger partial charge is 0.510 e. The summed E-state index contributed by atoms with van der Waals surface area (Å²) in [7, 11) is 0. The van der Waals surface area contributed by atoms with Gasteiger partial charge < -0.3 is 13.9 Å². The molecule has 0 amide bonds. The molecular weight excluding hydrogens is 952 g/mol. The van der Waals surface area contributed by atoms with Crippen molar-refractivity contribution in [3.05, 3.63) is 162 Å². The Balaban J connectivity index is 0.00000595. The van der Waals surface area contributed by atoms with E-state index in [0.717, 1.165) is 55.8 Å². The van der Waals surface area contributed by atoms with Crippen molar-refractivity contribution in [3.8, 4) is 39.8 Å². The van der Waals surface area contributed by atoms with E-state index in [9.17, 15) is 0 Å². The number of ether oxygens (including phenoxy) is 1. The van der Waals surface area contributed by atoms with Crippen LogP contribution in [0.25, 0.3) is 50.1 Å². The number of aromatic nitrogens is 4. The third-order valence-electron chi connectivity index (χ3n) is 12.0. The third-order valence-corrected chi connectivity index (χ3v) is 12.0. The molecule has 0 unspecified atom stereocenters. The van der Waals surface area contributed by atoms with Crippen molar-refractivity contribution >= 4 is 21.8 Å². The number of benzene rings is 5. The van der Waals surface area contributed by atoms with Gasteiger partial charge in [0.05, 0.1) is 11.4 Å². The Morgan fingerprint density at radius 2 is 1.27 bits per heavy atom. The first kappa shape index (κ1) is 45.8. The molecule has 5 aromatic carbocycles. The summed E-state index contributed by atoms with van der Waals surface area (Å²) in [5.74, 6) is 2.37. The predicted octanol–water partition coefficient (Wildman–Crippen LogP) is 14.4. The Kier molecular flexibility index (Phi) is 12.1.